The van der Waals surface area contributed by atoms with Crippen molar-refractivity contribution < 1.29 is 5.11 Å². The Hall–Kier alpha value is -1.04. The molecule has 0 saturated carbocycles. The quantitative estimate of drug-likeness (QED) is 0.658. The Morgan fingerprint density at radius 1 is 1.26 bits per heavy atom. The van der Waals surface area contributed by atoms with Crippen LogP contribution in [0.25, 0.3) is 0 Å². The van der Waals surface area contributed by atoms with E-state index in [9.17, 15) is 0 Å². The molecule has 4 nitrogen and oxygen atoms in total. The fraction of sp³-hybridized carbons (Fsp3) is 0.385. The Morgan fingerprint density at radius 2 is 2.00 bits per heavy atom. The average molecular weight is 298 g/mol. The van der Waals surface area contributed by atoms with Crippen molar-refractivity contribution in [3.05, 3.63) is 40.7 Å². The largest absolute Gasteiger partial charge is 0.388 e. The van der Waals surface area contributed by atoms with Gasteiger partial charge < -0.3 is 9.67 Å². The average Bonchev–Trinajstić information content (AvgIpc) is 2.77. The van der Waals surface area contributed by atoms with Crippen molar-refractivity contribution in [2.45, 2.75) is 24.6 Å². The Balaban J connectivity index is 1.77. The summed E-state index contributed by atoms with van der Waals surface area (Å²) in [6, 6.07) is 7.94. The summed E-state index contributed by atoms with van der Waals surface area (Å²) >= 11 is 7.50. The van der Waals surface area contributed by atoms with Gasteiger partial charge in [-0.3, -0.25) is 0 Å². The third kappa shape index (κ3) is 3.96. The highest BCUT2D eigenvalue weighted by Gasteiger charge is 2.07. The fourth-order valence-corrected chi connectivity index (χ4v) is 2.69. The van der Waals surface area contributed by atoms with Crippen LogP contribution < -0.4 is 0 Å². The van der Waals surface area contributed by atoms with Crippen LogP contribution in [0.1, 0.15) is 17.8 Å². The molecular formula is C13H16ClN3OS. The van der Waals surface area contributed by atoms with Crippen LogP contribution in [0.2, 0.25) is 5.02 Å². The van der Waals surface area contributed by atoms with Gasteiger partial charge in [-0.1, -0.05) is 35.5 Å². The summed E-state index contributed by atoms with van der Waals surface area (Å²) in [5, 5.41) is 18.6. The van der Waals surface area contributed by atoms with Crippen LogP contribution in [0.3, 0.4) is 0 Å². The molecule has 1 heterocycles. The minimum absolute atomic E-state index is 0.0746. The maximum atomic E-state index is 9.03. The van der Waals surface area contributed by atoms with Crippen molar-refractivity contribution >= 4 is 23.4 Å². The molecule has 0 aliphatic carbocycles. The molecule has 2 aromatic rings. The second-order valence-electron chi connectivity index (χ2n) is 4.19. The van der Waals surface area contributed by atoms with E-state index in [1.165, 1.54) is 5.56 Å². The standard InChI is InChI=1S/C13H16ClN3OS/c1-17-12(9-18)15-16-13(17)19-8-2-3-10-4-6-11(14)7-5-10/h4-7,18H,2-3,8-9H2,1H3. The van der Waals surface area contributed by atoms with E-state index in [1.807, 2.05) is 23.7 Å². The minimum atomic E-state index is -0.0746. The topological polar surface area (TPSA) is 50.9 Å². The number of rotatable bonds is 6. The Morgan fingerprint density at radius 3 is 2.63 bits per heavy atom. The van der Waals surface area contributed by atoms with E-state index in [0.29, 0.717) is 5.82 Å². The van der Waals surface area contributed by atoms with Gasteiger partial charge in [-0.25, -0.2) is 0 Å². The van der Waals surface area contributed by atoms with Crippen LogP contribution in [-0.2, 0) is 20.1 Å². The van der Waals surface area contributed by atoms with Crippen molar-refractivity contribution in [3.8, 4) is 0 Å². The zero-order chi connectivity index (χ0) is 13.7. The third-order valence-corrected chi connectivity index (χ3v) is 4.18. The van der Waals surface area contributed by atoms with E-state index in [-0.39, 0.29) is 6.61 Å². The highest BCUT2D eigenvalue weighted by molar-refractivity contribution is 7.99. The zero-order valence-corrected chi connectivity index (χ0v) is 12.3. The number of nitrogens with zero attached hydrogens (tertiary/aromatic N) is 3. The first-order valence-electron chi connectivity index (χ1n) is 6.07. The monoisotopic (exact) mass is 297 g/mol. The summed E-state index contributed by atoms with van der Waals surface area (Å²) < 4.78 is 1.83. The van der Waals surface area contributed by atoms with Crippen molar-refractivity contribution in [1.29, 1.82) is 0 Å². The highest BCUT2D eigenvalue weighted by atomic mass is 35.5. The Bertz CT molecular complexity index is 527. The lowest BCUT2D eigenvalue weighted by molar-refractivity contribution is 0.266. The van der Waals surface area contributed by atoms with Crippen LogP contribution in [-0.4, -0.2) is 25.6 Å². The molecule has 0 atom stereocenters. The molecule has 19 heavy (non-hydrogen) atoms. The lowest BCUT2D eigenvalue weighted by atomic mass is 10.1. The van der Waals surface area contributed by atoms with Crippen molar-refractivity contribution in [3.63, 3.8) is 0 Å². The summed E-state index contributed by atoms with van der Waals surface area (Å²) in [5.74, 6) is 1.57. The van der Waals surface area contributed by atoms with Crippen LogP contribution in [0.15, 0.2) is 29.4 Å². The van der Waals surface area contributed by atoms with Gasteiger partial charge in [0.25, 0.3) is 0 Å². The summed E-state index contributed by atoms with van der Waals surface area (Å²) in [6.07, 6.45) is 2.09. The number of aromatic nitrogens is 3. The summed E-state index contributed by atoms with van der Waals surface area (Å²) in [6.45, 7) is -0.0746. The van der Waals surface area contributed by atoms with E-state index >= 15 is 0 Å². The van der Waals surface area contributed by atoms with Crippen molar-refractivity contribution in [2.24, 2.45) is 7.05 Å². The van der Waals surface area contributed by atoms with E-state index in [1.54, 1.807) is 11.8 Å². The molecule has 1 N–H and O–H groups in total. The molecule has 0 unspecified atom stereocenters. The number of aliphatic hydroxyl groups is 1. The van der Waals surface area contributed by atoms with Crippen LogP contribution in [0.5, 0.6) is 0 Å². The second-order valence-corrected chi connectivity index (χ2v) is 5.69. The summed E-state index contributed by atoms with van der Waals surface area (Å²) in [7, 11) is 1.87. The molecule has 0 saturated heterocycles. The second kappa shape index (κ2) is 6.93. The van der Waals surface area contributed by atoms with E-state index in [4.69, 9.17) is 16.7 Å². The van der Waals surface area contributed by atoms with E-state index in [2.05, 4.69) is 22.3 Å². The molecule has 0 bridgehead atoms. The maximum absolute atomic E-state index is 9.03. The molecule has 2 rings (SSSR count). The molecule has 0 aliphatic heterocycles. The van der Waals surface area contributed by atoms with Crippen molar-refractivity contribution in [2.75, 3.05) is 5.75 Å². The minimum Gasteiger partial charge on any atom is -0.388 e. The van der Waals surface area contributed by atoms with Crippen LogP contribution >= 0.6 is 23.4 Å². The normalized spacial score (nSPS) is 10.9. The first kappa shape index (κ1) is 14.4. The van der Waals surface area contributed by atoms with Crippen LogP contribution in [0, 0.1) is 0 Å². The predicted octanol–water partition coefficient (Wildman–Crippen LogP) is 2.69. The maximum Gasteiger partial charge on any atom is 0.191 e. The van der Waals surface area contributed by atoms with E-state index in [0.717, 1.165) is 28.8 Å². The number of benzene rings is 1. The molecule has 0 spiro atoms. The van der Waals surface area contributed by atoms with Crippen LogP contribution in [0.4, 0.5) is 0 Å². The number of aliphatic hydroxyl groups excluding tert-OH is 1. The molecule has 0 aliphatic rings. The molecule has 0 radical (unpaired) electrons. The number of hydrogen-bond acceptors (Lipinski definition) is 4. The Kier molecular flexibility index (Phi) is 5.24. The van der Waals surface area contributed by atoms with Gasteiger partial charge in [-0.05, 0) is 30.5 Å². The summed E-state index contributed by atoms with van der Waals surface area (Å²) in [4.78, 5) is 0. The van der Waals surface area contributed by atoms with Gasteiger partial charge >= 0.3 is 0 Å². The Labute approximate surface area is 121 Å². The van der Waals surface area contributed by atoms with Gasteiger partial charge in [0.15, 0.2) is 11.0 Å². The summed E-state index contributed by atoms with van der Waals surface area (Å²) in [5.41, 5.74) is 1.29. The lowest BCUT2D eigenvalue weighted by Gasteiger charge is -2.03. The highest BCUT2D eigenvalue weighted by Crippen LogP contribution is 2.18. The van der Waals surface area contributed by atoms with Gasteiger partial charge in [0.1, 0.15) is 6.61 Å². The molecule has 102 valence electrons. The fourth-order valence-electron chi connectivity index (χ4n) is 1.70. The lowest BCUT2D eigenvalue weighted by Crippen LogP contribution is -1.99. The van der Waals surface area contributed by atoms with E-state index < -0.39 is 0 Å². The van der Waals surface area contributed by atoms with Gasteiger partial charge in [0.05, 0.1) is 0 Å². The van der Waals surface area contributed by atoms with Gasteiger partial charge in [-0.15, -0.1) is 10.2 Å². The molecule has 6 heteroatoms. The molecule has 1 aromatic heterocycles. The van der Waals surface area contributed by atoms with Gasteiger partial charge in [-0.2, -0.15) is 0 Å². The number of aryl methyl sites for hydroxylation is 1. The zero-order valence-electron chi connectivity index (χ0n) is 10.7. The number of thioether (sulfide) groups is 1. The molecule has 0 fully saturated rings. The molecule has 1 aromatic carbocycles. The third-order valence-electron chi connectivity index (χ3n) is 2.82. The first-order valence-corrected chi connectivity index (χ1v) is 7.43. The van der Waals surface area contributed by atoms with Crippen molar-refractivity contribution in [1.82, 2.24) is 14.8 Å². The number of halogens is 1. The predicted molar refractivity (Wildman–Crippen MR) is 77.4 cm³/mol. The van der Waals surface area contributed by atoms with Gasteiger partial charge in [0, 0.05) is 17.8 Å². The van der Waals surface area contributed by atoms with Gasteiger partial charge in [0.2, 0.25) is 0 Å². The SMILES string of the molecule is Cn1c(CO)nnc1SCCCc1ccc(Cl)cc1. The molecule has 0 amide bonds. The number of hydrogen-bond donors (Lipinski definition) is 1. The first-order chi connectivity index (χ1) is 9.20. The molecular weight excluding hydrogens is 282 g/mol. The smallest absolute Gasteiger partial charge is 0.191 e.